The lowest BCUT2D eigenvalue weighted by Crippen LogP contribution is -2.29. The summed E-state index contributed by atoms with van der Waals surface area (Å²) >= 11 is 12.3. The minimum absolute atomic E-state index is 0.0262. The van der Waals surface area contributed by atoms with Crippen molar-refractivity contribution < 1.29 is 24.5 Å². The number of phenolic OH excluding ortho intramolecular Hbond substituents is 1. The predicted molar refractivity (Wildman–Crippen MR) is 132 cm³/mol. The van der Waals surface area contributed by atoms with E-state index in [1.54, 1.807) is 54.6 Å². The van der Waals surface area contributed by atoms with Crippen molar-refractivity contribution in [2.45, 2.75) is 26.0 Å². The summed E-state index contributed by atoms with van der Waals surface area (Å²) < 4.78 is 5.64. The summed E-state index contributed by atoms with van der Waals surface area (Å²) in [7, 11) is 0. The van der Waals surface area contributed by atoms with Crippen molar-refractivity contribution in [2.75, 3.05) is 4.90 Å². The Kier molecular flexibility index (Phi) is 6.55. The Hall–Kier alpha value is -3.48. The number of carbonyl (C=O) groups excluding carboxylic acids is 2. The van der Waals surface area contributed by atoms with Gasteiger partial charge >= 0.3 is 0 Å². The number of benzene rings is 3. The zero-order chi connectivity index (χ0) is 24.6. The van der Waals surface area contributed by atoms with Gasteiger partial charge in [-0.15, -0.1) is 0 Å². The molecule has 0 spiro atoms. The molecule has 0 bridgehead atoms. The number of phenols is 1. The second kappa shape index (κ2) is 9.41. The summed E-state index contributed by atoms with van der Waals surface area (Å²) in [4.78, 5) is 27.6. The van der Waals surface area contributed by atoms with Crippen molar-refractivity contribution in [1.29, 1.82) is 0 Å². The number of aliphatic hydroxyl groups is 1. The molecule has 34 heavy (non-hydrogen) atoms. The summed E-state index contributed by atoms with van der Waals surface area (Å²) in [5.41, 5.74) is 1.05. The molecule has 1 fully saturated rings. The van der Waals surface area contributed by atoms with Crippen molar-refractivity contribution in [1.82, 2.24) is 0 Å². The van der Waals surface area contributed by atoms with Crippen LogP contribution in [0.5, 0.6) is 11.5 Å². The van der Waals surface area contributed by atoms with Crippen LogP contribution >= 0.6 is 23.2 Å². The number of hydrogen-bond acceptors (Lipinski definition) is 5. The molecule has 1 saturated heterocycles. The third-order valence-electron chi connectivity index (χ3n) is 5.32. The number of rotatable bonds is 5. The Morgan fingerprint density at radius 1 is 1.00 bits per heavy atom. The van der Waals surface area contributed by atoms with Gasteiger partial charge in [0.2, 0.25) is 0 Å². The van der Waals surface area contributed by atoms with Crippen LogP contribution in [0.4, 0.5) is 5.69 Å². The van der Waals surface area contributed by atoms with E-state index in [1.165, 1.54) is 17.0 Å². The number of carbonyl (C=O) groups is 2. The van der Waals surface area contributed by atoms with Crippen molar-refractivity contribution in [2.24, 2.45) is 0 Å². The van der Waals surface area contributed by atoms with Crippen LogP contribution in [-0.2, 0) is 9.59 Å². The number of Topliss-reactive ketones (excluding diaryl/α,β-unsaturated/α-hetero) is 1. The predicted octanol–water partition coefficient (Wildman–Crippen LogP) is 6.11. The number of aromatic hydroxyl groups is 1. The number of amides is 1. The van der Waals surface area contributed by atoms with Gasteiger partial charge in [0.15, 0.2) is 0 Å². The summed E-state index contributed by atoms with van der Waals surface area (Å²) in [6.07, 6.45) is -0.0262. The van der Waals surface area contributed by atoms with Crippen LogP contribution in [0.15, 0.2) is 72.3 Å². The van der Waals surface area contributed by atoms with E-state index in [0.717, 1.165) is 0 Å². The second-order valence-electron chi connectivity index (χ2n) is 8.05. The number of nitrogens with zero attached hydrogens (tertiary/aromatic N) is 1. The molecule has 0 radical (unpaired) electrons. The molecular formula is C26H21Cl2NO5. The van der Waals surface area contributed by atoms with Crippen LogP contribution in [0, 0.1) is 0 Å². The van der Waals surface area contributed by atoms with Gasteiger partial charge in [0, 0.05) is 16.3 Å². The number of ether oxygens (including phenoxy) is 1. The van der Waals surface area contributed by atoms with E-state index in [0.29, 0.717) is 27.6 Å². The fraction of sp³-hybridized carbons (Fsp3) is 0.154. The molecule has 4 rings (SSSR count). The normalized spacial score (nSPS) is 17.4. The first-order valence-corrected chi connectivity index (χ1v) is 11.2. The Balaban J connectivity index is 1.89. The fourth-order valence-electron chi connectivity index (χ4n) is 3.85. The highest BCUT2D eigenvalue weighted by Crippen LogP contribution is 2.44. The summed E-state index contributed by atoms with van der Waals surface area (Å²) in [6, 6.07) is 16.4. The molecule has 0 aliphatic carbocycles. The maximum Gasteiger partial charge on any atom is 0.300 e. The first-order chi connectivity index (χ1) is 16.2. The van der Waals surface area contributed by atoms with Crippen molar-refractivity contribution in [3.63, 3.8) is 0 Å². The molecule has 1 amide bonds. The monoisotopic (exact) mass is 497 g/mol. The van der Waals surface area contributed by atoms with Gasteiger partial charge in [-0.25, -0.2) is 0 Å². The third kappa shape index (κ3) is 4.47. The lowest BCUT2D eigenvalue weighted by Gasteiger charge is -2.26. The van der Waals surface area contributed by atoms with Gasteiger partial charge in [0.25, 0.3) is 11.7 Å². The van der Waals surface area contributed by atoms with E-state index < -0.39 is 17.7 Å². The van der Waals surface area contributed by atoms with Crippen LogP contribution in [0.25, 0.3) is 5.76 Å². The molecule has 174 valence electrons. The van der Waals surface area contributed by atoms with Gasteiger partial charge in [-0.05, 0) is 74.0 Å². The number of aliphatic hydroxyl groups excluding tert-OH is 1. The number of ketones is 1. The highest BCUT2D eigenvalue weighted by molar-refractivity contribution is 6.52. The molecule has 0 aromatic heterocycles. The van der Waals surface area contributed by atoms with E-state index in [1.807, 2.05) is 13.8 Å². The van der Waals surface area contributed by atoms with Crippen LogP contribution in [-0.4, -0.2) is 28.0 Å². The van der Waals surface area contributed by atoms with E-state index in [9.17, 15) is 19.8 Å². The summed E-state index contributed by atoms with van der Waals surface area (Å²) in [5.74, 6) is -1.56. The molecular weight excluding hydrogens is 477 g/mol. The van der Waals surface area contributed by atoms with Gasteiger partial charge in [0.1, 0.15) is 17.3 Å². The minimum atomic E-state index is -0.997. The van der Waals surface area contributed by atoms with Crippen LogP contribution in [0.3, 0.4) is 0 Å². The third-order valence-corrected chi connectivity index (χ3v) is 5.86. The number of halogens is 2. The molecule has 1 atom stereocenters. The smallest absolute Gasteiger partial charge is 0.300 e. The SMILES string of the molecule is CC(C)Oc1ccc(/C(O)=C2/C(=O)C(=O)N(c3cccc(Cl)c3)C2c2ccc(O)c(Cl)c2)cc1. The van der Waals surface area contributed by atoms with E-state index in [-0.39, 0.29) is 28.2 Å². The molecule has 8 heteroatoms. The highest BCUT2D eigenvalue weighted by atomic mass is 35.5. The first-order valence-electron chi connectivity index (χ1n) is 10.5. The molecule has 1 heterocycles. The second-order valence-corrected chi connectivity index (χ2v) is 8.89. The number of anilines is 1. The molecule has 3 aromatic rings. The summed E-state index contributed by atoms with van der Waals surface area (Å²) in [5, 5.41) is 21.5. The van der Waals surface area contributed by atoms with Crippen molar-refractivity contribution in [3.05, 3.63) is 93.5 Å². The molecule has 1 aliphatic rings. The molecule has 1 unspecified atom stereocenters. The van der Waals surface area contributed by atoms with E-state index >= 15 is 0 Å². The average Bonchev–Trinajstić information content (AvgIpc) is 3.06. The molecule has 1 aliphatic heterocycles. The zero-order valence-corrected chi connectivity index (χ0v) is 19.8. The minimum Gasteiger partial charge on any atom is -0.507 e. The fourth-order valence-corrected chi connectivity index (χ4v) is 4.23. The van der Waals surface area contributed by atoms with Gasteiger partial charge in [0.05, 0.1) is 22.7 Å². The molecule has 2 N–H and O–H groups in total. The molecule has 6 nitrogen and oxygen atoms in total. The Labute approximate surface area is 206 Å². The van der Waals surface area contributed by atoms with Crippen LogP contribution in [0.2, 0.25) is 10.0 Å². The maximum atomic E-state index is 13.2. The average molecular weight is 498 g/mol. The van der Waals surface area contributed by atoms with E-state index in [4.69, 9.17) is 27.9 Å². The lowest BCUT2D eigenvalue weighted by atomic mass is 9.95. The first kappa shape index (κ1) is 23.7. The lowest BCUT2D eigenvalue weighted by molar-refractivity contribution is -0.132. The van der Waals surface area contributed by atoms with Crippen molar-refractivity contribution >= 4 is 46.3 Å². The molecule has 3 aromatic carbocycles. The Bertz CT molecular complexity index is 1300. The highest BCUT2D eigenvalue weighted by Gasteiger charge is 2.47. The van der Waals surface area contributed by atoms with Crippen LogP contribution < -0.4 is 9.64 Å². The van der Waals surface area contributed by atoms with E-state index in [2.05, 4.69) is 0 Å². The quantitative estimate of drug-likeness (QED) is 0.252. The Morgan fingerprint density at radius 3 is 2.32 bits per heavy atom. The molecule has 0 saturated carbocycles. The van der Waals surface area contributed by atoms with Crippen LogP contribution in [0.1, 0.15) is 31.0 Å². The zero-order valence-electron chi connectivity index (χ0n) is 18.3. The standard InChI is InChI=1S/C26H21Cl2NO5/c1-14(2)34-19-9-6-15(7-10-19)24(31)22-23(16-8-11-21(30)20(28)12-16)29(26(33)25(22)32)18-5-3-4-17(27)13-18/h3-14,23,30-31H,1-2H3/b24-22-. The Morgan fingerprint density at radius 2 is 1.71 bits per heavy atom. The van der Waals surface area contributed by atoms with Crippen molar-refractivity contribution in [3.8, 4) is 11.5 Å². The van der Waals surface area contributed by atoms with Gasteiger partial charge < -0.3 is 14.9 Å². The number of hydrogen-bond donors (Lipinski definition) is 2. The summed E-state index contributed by atoms with van der Waals surface area (Å²) in [6.45, 7) is 3.79. The maximum absolute atomic E-state index is 13.2. The van der Waals surface area contributed by atoms with Gasteiger partial charge in [-0.2, -0.15) is 0 Å². The topological polar surface area (TPSA) is 87.1 Å². The van der Waals surface area contributed by atoms with Gasteiger partial charge in [-0.1, -0.05) is 35.3 Å². The van der Waals surface area contributed by atoms with Gasteiger partial charge in [-0.3, -0.25) is 14.5 Å². The largest absolute Gasteiger partial charge is 0.507 e.